The van der Waals surface area contributed by atoms with Crippen LogP contribution >= 0.6 is 24.0 Å². The number of para-hydroxylation sites is 1. The zero-order valence-electron chi connectivity index (χ0n) is 19.4. The molecule has 1 amide bonds. The molecule has 1 aromatic heterocycles. The van der Waals surface area contributed by atoms with Crippen LogP contribution in [0.15, 0.2) is 59.5 Å². The monoisotopic (exact) mass is 489 g/mol. The zero-order chi connectivity index (χ0) is 23.7. The van der Waals surface area contributed by atoms with Crippen molar-refractivity contribution >= 4 is 57.0 Å². The molecule has 34 heavy (non-hydrogen) atoms. The molecule has 5 nitrogen and oxygen atoms in total. The number of rotatable bonds is 5. The van der Waals surface area contributed by atoms with E-state index in [2.05, 4.69) is 24.0 Å². The summed E-state index contributed by atoms with van der Waals surface area (Å²) in [5.41, 5.74) is 2.95. The van der Waals surface area contributed by atoms with Crippen molar-refractivity contribution in [1.29, 1.82) is 0 Å². The van der Waals surface area contributed by atoms with Gasteiger partial charge in [0.25, 0.3) is 5.91 Å². The van der Waals surface area contributed by atoms with Gasteiger partial charge in [0.2, 0.25) is 0 Å². The van der Waals surface area contributed by atoms with Crippen LogP contribution < -0.4 is 9.64 Å². The molecule has 3 aromatic rings. The standard InChI is InChI=1S/C27H27N3O2S2/c1-18-11-13-29(14-12-18)25-21(15-20-5-3-4-6-23(20)28-25)16-24-26(31)30(27(33)34-24)17-19-7-9-22(32-2)10-8-19/h3-10,15-16,18H,11-14,17H2,1-2H3/b24-16-. The highest BCUT2D eigenvalue weighted by molar-refractivity contribution is 8.26. The first-order valence-electron chi connectivity index (χ1n) is 11.5. The summed E-state index contributed by atoms with van der Waals surface area (Å²) in [5.74, 6) is 2.41. The van der Waals surface area contributed by atoms with Crippen molar-refractivity contribution in [3.8, 4) is 5.75 Å². The molecule has 0 spiro atoms. The van der Waals surface area contributed by atoms with E-state index in [1.54, 1.807) is 12.0 Å². The fourth-order valence-corrected chi connectivity index (χ4v) is 5.64. The second-order valence-corrected chi connectivity index (χ2v) is 10.6. The van der Waals surface area contributed by atoms with E-state index in [-0.39, 0.29) is 5.91 Å². The highest BCUT2D eigenvalue weighted by Gasteiger charge is 2.32. The number of thiocarbonyl (C=S) groups is 1. The minimum absolute atomic E-state index is 0.0582. The van der Waals surface area contributed by atoms with Gasteiger partial charge in [-0.3, -0.25) is 9.69 Å². The number of methoxy groups -OCH3 is 1. The number of hydrogen-bond donors (Lipinski definition) is 0. The van der Waals surface area contributed by atoms with Gasteiger partial charge in [-0.15, -0.1) is 0 Å². The fourth-order valence-electron chi connectivity index (χ4n) is 4.39. The fraction of sp³-hybridized carbons (Fsp3) is 0.296. The highest BCUT2D eigenvalue weighted by Crippen LogP contribution is 2.36. The lowest BCUT2D eigenvalue weighted by atomic mass is 9.98. The first-order valence-corrected chi connectivity index (χ1v) is 12.8. The van der Waals surface area contributed by atoms with Gasteiger partial charge < -0.3 is 9.64 Å². The Balaban J connectivity index is 1.46. The van der Waals surface area contributed by atoms with Gasteiger partial charge >= 0.3 is 0 Å². The maximum Gasteiger partial charge on any atom is 0.266 e. The summed E-state index contributed by atoms with van der Waals surface area (Å²) in [6, 6.07) is 18.0. The quantitative estimate of drug-likeness (QED) is 0.329. The van der Waals surface area contributed by atoms with Gasteiger partial charge in [0.05, 0.1) is 24.1 Å². The van der Waals surface area contributed by atoms with Crippen LogP contribution in [-0.2, 0) is 11.3 Å². The molecule has 0 bridgehead atoms. The van der Waals surface area contributed by atoms with Crippen molar-refractivity contribution in [2.75, 3.05) is 25.1 Å². The lowest BCUT2D eigenvalue weighted by molar-refractivity contribution is -0.122. The molecule has 0 unspecified atom stereocenters. The Hall–Kier alpha value is -2.90. The van der Waals surface area contributed by atoms with Crippen molar-refractivity contribution < 1.29 is 9.53 Å². The van der Waals surface area contributed by atoms with Crippen LogP contribution in [0, 0.1) is 5.92 Å². The number of pyridine rings is 1. The Morgan fingerprint density at radius 3 is 2.62 bits per heavy atom. The SMILES string of the molecule is COc1ccc(CN2C(=O)/C(=C/c3cc4ccccc4nc3N3CCC(C)CC3)SC2=S)cc1. The average molecular weight is 490 g/mol. The highest BCUT2D eigenvalue weighted by atomic mass is 32.2. The number of hydrogen-bond acceptors (Lipinski definition) is 6. The van der Waals surface area contributed by atoms with Gasteiger partial charge in [0.15, 0.2) is 0 Å². The predicted molar refractivity (Wildman–Crippen MR) is 144 cm³/mol. The van der Waals surface area contributed by atoms with Gasteiger partial charge in [-0.1, -0.05) is 61.2 Å². The van der Waals surface area contributed by atoms with Crippen LogP contribution in [0.1, 0.15) is 30.9 Å². The Morgan fingerprint density at radius 1 is 1.15 bits per heavy atom. The molecule has 5 rings (SSSR count). The average Bonchev–Trinajstić information content (AvgIpc) is 3.12. The molecule has 0 aliphatic carbocycles. The van der Waals surface area contributed by atoms with Crippen molar-refractivity contribution in [2.45, 2.75) is 26.3 Å². The van der Waals surface area contributed by atoms with Crippen LogP contribution in [0.4, 0.5) is 5.82 Å². The third-order valence-corrected chi connectivity index (χ3v) is 7.85. The number of anilines is 1. The number of amides is 1. The molecule has 7 heteroatoms. The smallest absolute Gasteiger partial charge is 0.266 e. The van der Waals surface area contributed by atoms with Gasteiger partial charge in [-0.2, -0.15) is 0 Å². The summed E-state index contributed by atoms with van der Waals surface area (Å²) >= 11 is 6.95. The molecule has 2 saturated heterocycles. The lowest BCUT2D eigenvalue weighted by Crippen LogP contribution is -2.34. The first kappa shape index (κ1) is 22.9. The molecule has 2 aliphatic heterocycles. The zero-order valence-corrected chi connectivity index (χ0v) is 21.0. The van der Waals surface area contributed by atoms with Crippen molar-refractivity contribution in [3.63, 3.8) is 0 Å². The van der Waals surface area contributed by atoms with Gasteiger partial charge in [0, 0.05) is 24.0 Å². The maximum absolute atomic E-state index is 13.3. The van der Waals surface area contributed by atoms with Crippen molar-refractivity contribution in [2.24, 2.45) is 5.92 Å². The van der Waals surface area contributed by atoms with Crippen LogP contribution in [0.5, 0.6) is 5.75 Å². The number of carbonyl (C=O) groups is 1. The second-order valence-electron chi connectivity index (χ2n) is 8.88. The molecular formula is C27H27N3O2S2. The Labute approximate surface area is 209 Å². The van der Waals surface area contributed by atoms with E-state index in [0.717, 1.165) is 65.4 Å². The Kier molecular flexibility index (Phi) is 6.57. The Morgan fingerprint density at radius 2 is 1.88 bits per heavy atom. The summed E-state index contributed by atoms with van der Waals surface area (Å²) in [6.45, 7) is 4.70. The second kappa shape index (κ2) is 9.76. The number of fused-ring (bicyclic) bond motifs is 1. The summed E-state index contributed by atoms with van der Waals surface area (Å²) < 4.78 is 5.81. The predicted octanol–water partition coefficient (Wildman–Crippen LogP) is 5.88. The Bertz CT molecular complexity index is 1260. The van der Waals surface area contributed by atoms with Crippen LogP contribution in [0.25, 0.3) is 17.0 Å². The summed E-state index contributed by atoms with van der Waals surface area (Å²) in [5, 5.41) is 1.07. The van der Waals surface area contributed by atoms with Gasteiger partial charge in [-0.25, -0.2) is 4.98 Å². The summed E-state index contributed by atoms with van der Waals surface area (Å²) in [4.78, 5) is 23.0. The minimum Gasteiger partial charge on any atom is -0.497 e. The number of nitrogens with zero attached hydrogens (tertiary/aromatic N) is 3. The van der Waals surface area contributed by atoms with E-state index in [1.807, 2.05) is 48.5 Å². The topological polar surface area (TPSA) is 45.7 Å². The third-order valence-electron chi connectivity index (χ3n) is 6.48. The van der Waals surface area contributed by atoms with Crippen LogP contribution in [0.3, 0.4) is 0 Å². The summed E-state index contributed by atoms with van der Waals surface area (Å²) in [6.07, 6.45) is 4.27. The van der Waals surface area contributed by atoms with E-state index in [0.29, 0.717) is 15.8 Å². The van der Waals surface area contributed by atoms with Crippen molar-refractivity contribution in [1.82, 2.24) is 9.88 Å². The van der Waals surface area contributed by atoms with E-state index in [1.165, 1.54) is 11.8 Å². The maximum atomic E-state index is 13.3. The van der Waals surface area contributed by atoms with Crippen LogP contribution in [0.2, 0.25) is 0 Å². The first-order chi connectivity index (χ1) is 16.5. The molecule has 0 radical (unpaired) electrons. The molecule has 0 N–H and O–H groups in total. The largest absolute Gasteiger partial charge is 0.497 e. The van der Waals surface area contributed by atoms with Gasteiger partial charge in [-0.05, 0) is 54.7 Å². The molecule has 3 heterocycles. The van der Waals surface area contributed by atoms with E-state index in [9.17, 15) is 4.79 Å². The molecule has 2 aromatic carbocycles. The number of ether oxygens (including phenoxy) is 1. The molecular weight excluding hydrogens is 462 g/mol. The number of piperidine rings is 1. The number of benzene rings is 2. The number of carbonyl (C=O) groups excluding carboxylic acids is 1. The summed E-state index contributed by atoms with van der Waals surface area (Å²) in [7, 11) is 1.64. The normalized spacial score (nSPS) is 18.4. The molecule has 0 saturated carbocycles. The van der Waals surface area contributed by atoms with Gasteiger partial charge in [0.1, 0.15) is 15.9 Å². The molecule has 0 atom stereocenters. The van der Waals surface area contributed by atoms with E-state index >= 15 is 0 Å². The number of thioether (sulfide) groups is 1. The van der Waals surface area contributed by atoms with E-state index in [4.69, 9.17) is 21.9 Å². The molecule has 2 aliphatic rings. The lowest BCUT2D eigenvalue weighted by Gasteiger charge is -2.32. The minimum atomic E-state index is -0.0582. The molecule has 2 fully saturated rings. The van der Waals surface area contributed by atoms with Crippen molar-refractivity contribution in [3.05, 3.63) is 70.6 Å². The van der Waals surface area contributed by atoms with Crippen LogP contribution in [-0.4, -0.2) is 40.3 Å². The third kappa shape index (κ3) is 4.68. The molecule has 174 valence electrons. The van der Waals surface area contributed by atoms with E-state index < -0.39 is 0 Å². The number of aromatic nitrogens is 1.